The minimum absolute atomic E-state index is 0.390. The first-order valence-corrected chi connectivity index (χ1v) is 13.6. The zero-order valence-corrected chi connectivity index (χ0v) is 21.5. The minimum Gasteiger partial charge on any atom is -0.342 e. The zero-order chi connectivity index (χ0) is 23.8. The maximum absolute atomic E-state index is 5.00. The molecule has 0 fully saturated rings. The van der Waals surface area contributed by atoms with Gasteiger partial charge >= 0.3 is 0 Å². The highest BCUT2D eigenvalue weighted by Crippen LogP contribution is 2.45. The van der Waals surface area contributed by atoms with Gasteiger partial charge in [0.25, 0.3) is 0 Å². The lowest BCUT2D eigenvalue weighted by Gasteiger charge is -2.18. The number of allylic oxidation sites excluding steroid dienone is 2. The van der Waals surface area contributed by atoms with Crippen LogP contribution in [0.3, 0.4) is 0 Å². The Morgan fingerprint density at radius 1 is 0.886 bits per heavy atom. The zero-order valence-electron chi connectivity index (χ0n) is 20.7. The second-order valence-corrected chi connectivity index (χ2v) is 11.7. The van der Waals surface area contributed by atoms with Crippen LogP contribution < -0.4 is 0 Å². The molecule has 0 atom stereocenters. The molecule has 0 amide bonds. The Hall–Kier alpha value is -3.24. The van der Waals surface area contributed by atoms with Gasteiger partial charge < -0.3 is 4.98 Å². The molecule has 4 heteroatoms. The molecule has 0 spiro atoms. The average molecular weight is 476 g/mol. The largest absolute Gasteiger partial charge is 0.342 e. The molecule has 1 aliphatic carbocycles. The molecule has 5 aromatic rings. The van der Waals surface area contributed by atoms with Gasteiger partial charge in [0.1, 0.15) is 5.82 Å². The number of thiophene rings is 1. The van der Waals surface area contributed by atoms with Crippen LogP contribution >= 0.6 is 11.3 Å². The molecular weight excluding hydrogens is 446 g/mol. The summed E-state index contributed by atoms with van der Waals surface area (Å²) in [5.41, 5.74) is 10.6. The van der Waals surface area contributed by atoms with Gasteiger partial charge in [-0.3, -0.25) is 4.99 Å². The van der Waals surface area contributed by atoms with Crippen LogP contribution in [0.5, 0.6) is 0 Å². The Balaban J connectivity index is 1.30. The van der Waals surface area contributed by atoms with Crippen LogP contribution in [-0.4, -0.2) is 15.7 Å². The molecule has 35 heavy (non-hydrogen) atoms. The fourth-order valence-corrected chi connectivity index (χ4v) is 6.91. The van der Waals surface area contributed by atoms with E-state index >= 15 is 0 Å². The highest BCUT2D eigenvalue weighted by atomic mass is 32.1. The predicted molar refractivity (Wildman–Crippen MR) is 151 cm³/mol. The number of hydrogen-bond donors (Lipinski definition) is 1. The van der Waals surface area contributed by atoms with Gasteiger partial charge in [0.05, 0.1) is 11.0 Å². The summed E-state index contributed by atoms with van der Waals surface area (Å²) < 4.78 is 1.45. The van der Waals surface area contributed by atoms with Crippen LogP contribution in [-0.2, 0) is 6.42 Å². The maximum Gasteiger partial charge on any atom is 0.109 e. The van der Waals surface area contributed by atoms with Crippen LogP contribution in [0.4, 0.5) is 0 Å². The SMILES string of the molecule is CC(C)C1=NC2=C(C1)c1ccc3cc(-c4ccc5c(ccc6[nH]c(C(C)C)nc65)c4)sc3c1CC2. The molecule has 3 aromatic carbocycles. The maximum atomic E-state index is 5.00. The summed E-state index contributed by atoms with van der Waals surface area (Å²) >= 11 is 1.94. The Kier molecular flexibility index (Phi) is 4.59. The van der Waals surface area contributed by atoms with Gasteiger partial charge in [0.15, 0.2) is 0 Å². The molecular formula is C31H29N3S. The van der Waals surface area contributed by atoms with Gasteiger partial charge in [0.2, 0.25) is 0 Å². The van der Waals surface area contributed by atoms with E-state index in [0.29, 0.717) is 11.8 Å². The summed E-state index contributed by atoms with van der Waals surface area (Å²) in [5.74, 6) is 1.96. The lowest BCUT2D eigenvalue weighted by atomic mass is 9.86. The normalized spacial score (nSPS) is 15.7. The summed E-state index contributed by atoms with van der Waals surface area (Å²) in [6, 6.07) is 18.3. The second kappa shape index (κ2) is 7.63. The summed E-state index contributed by atoms with van der Waals surface area (Å²) in [6.07, 6.45) is 3.18. The topological polar surface area (TPSA) is 41.0 Å². The highest BCUT2D eigenvalue weighted by molar-refractivity contribution is 7.22. The number of aryl methyl sites for hydroxylation is 1. The van der Waals surface area contributed by atoms with Crippen molar-refractivity contribution in [1.82, 2.24) is 9.97 Å². The number of aromatic nitrogens is 2. The second-order valence-electron chi connectivity index (χ2n) is 10.7. The molecule has 0 saturated carbocycles. The minimum atomic E-state index is 0.390. The van der Waals surface area contributed by atoms with E-state index in [2.05, 4.69) is 81.2 Å². The molecule has 2 aromatic heterocycles. The van der Waals surface area contributed by atoms with E-state index < -0.39 is 0 Å². The molecule has 0 saturated heterocycles. The quantitative estimate of drug-likeness (QED) is 0.278. The Morgan fingerprint density at radius 3 is 2.57 bits per heavy atom. The number of nitrogens with zero attached hydrogens (tertiary/aromatic N) is 2. The van der Waals surface area contributed by atoms with Gasteiger partial charge in [0, 0.05) is 38.7 Å². The number of aromatic amines is 1. The van der Waals surface area contributed by atoms with Crippen LogP contribution in [0.2, 0.25) is 0 Å². The molecule has 0 unspecified atom stereocenters. The smallest absolute Gasteiger partial charge is 0.109 e. The molecule has 0 bridgehead atoms. The van der Waals surface area contributed by atoms with Crippen molar-refractivity contribution < 1.29 is 0 Å². The third-order valence-corrected chi connectivity index (χ3v) is 8.96. The van der Waals surface area contributed by atoms with Crippen LogP contribution in [0, 0.1) is 5.92 Å². The summed E-state index contributed by atoms with van der Waals surface area (Å²) in [5, 5.41) is 3.82. The summed E-state index contributed by atoms with van der Waals surface area (Å²) in [4.78, 5) is 14.7. The van der Waals surface area contributed by atoms with Crippen molar-refractivity contribution >= 4 is 54.5 Å². The Bertz CT molecular complexity index is 1720. The fraction of sp³-hybridized carbons (Fsp3) is 0.290. The van der Waals surface area contributed by atoms with E-state index in [0.717, 1.165) is 36.1 Å². The number of aliphatic imine (C=N–C) groups is 1. The lowest BCUT2D eigenvalue weighted by Crippen LogP contribution is -2.05. The third kappa shape index (κ3) is 3.23. The number of H-pyrrole nitrogens is 1. The van der Waals surface area contributed by atoms with E-state index in [1.807, 2.05) is 11.3 Å². The van der Waals surface area contributed by atoms with Crippen molar-refractivity contribution in [2.45, 2.75) is 52.9 Å². The van der Waals surface area contributed by atoms with Crippen molar-refractivity contribution in [1.29, 1.82) is 0 Å². The molecule has 2 aliphatic rings. The van der Waals surface area contributed by atoms with E-state index in [-0.39, 0.29) is 0 Å². The van der Waals surface area contributed by atoms with Crippen molar-refractivity contribution in [2.24, 2.45) is 10.9 Å². The molecule has 7 rings (SSSR count). The van der Waals surface area contributed by atoms with Gasteiger partial charge in [-0.05, 0) is 70.0 Å². The average Bonchev–Trinajstić information content (AvgIpc) is 3.59. The lowest BCUT2D eigenvalue weighted by molar-refractivity contribution is 0.799. The Morgan fingerprint density at radius 2 is 1.74 bits per heavy atom. The first-order chi connectivity index (χ1) is 17.0. The van der Waals surface area contributed by atoms with Crippen molar-refractivity contribution in [3.8, 4) is 10.4 Å². The van der Waals surface area contributed by atoms with E-state index in [9.17, 15) is 0 Å². The highest BCUT2D eigenvalue weighted by Gasteiger charge is 2.27. The predicted octanol–water partition coefficient (Wildman–Crippen LogP) is 8.88. The Labute approximate surface area is 209 Å². The van der Waals surface area contributed by atoms with Crippen LogP contribution in [0.1, 0.15) is 63.4 Å². The third-order valence-electron chi connectivity index (χ3n) is 7.70. The first-order valence-electron chi connectivity index (χ1n) is 12.7. The standard InChI is InChI=1S/C31H29N3S/c1-16(2)27-15-24-22-9-6-20-14-28(35-30(20)23(22)10-12-25(24)32-27)19-5-8-21-18(13-19)7-11-26-29(21)34-31(33-26)17(3)4/h5-9,11,13-14,16-17H,10,12,15H2,1-4H3,(H,33,34). The van der Waals surface area contributed by atoms with E-state index in [1.165, 1.54) is 59.4 Å². The van der Waals surface area contributed by atoms with E-state index in [1.54, 1.807) is 0 Å². The first kappa shape index (κ1) is 21.1. The van der Waals surface area contributed by atoms with E-state index in [4.69, 9.17) is 9.98 Å². The molecule has 1 N–H and O–H groups in total. The number of benzene rings is 3. The van der Waals surface area contributed by atoms with Gasteiger partial charge in [-0.25, -0.2) is 4.98 Å². The van der Waals surface area contributed by atoms with Crippen LogP contribution in [0.25, 0.3) is 47.9 Å². The van der Waals surface area contributed by atoms with Gasteiger partial charge in [-0.2, -0.15) is 0 Å². The summed E-state index contributed by atoms with van der Waals surface area (Å²) in [6.45, 7) is 8.88. The van der Waals surface area contributed by atoms with Crippen molar-refractivity contribution in [2.75, 3.05) is 0 Å². The van der Waals surface area contributed by atoms with Gasteiger partial charge in [-0.15, -0.1) is 11.3 Å². The number of fused-ring (bicyclic) bond motifs is 7. The number of hydrogen-bond acceptors (Lipinski definition) is 3. The monoisotopic (exact) mass is 475 g/mol. The summed E-state index contributed by atoms with van der Waals surface area (Å²) in [7, 11) is 0. The van der Waals surface area contributed by atoms with Crippen molar-refractivity contribution in [3.05, 3.63) is 71.2 Å². The molecule has 174 valence electrons. The number of imidazole rings is 1. The molecule has 3 nitrogen and oxygen atoms in total. The van der Waals surface area contributed by atoms with Crippen LogP contribution in [0.15, 0.2) is 59.2 Å². The number of rotatable bonds is 3. The van der Waals surface area contributed by atoms with Crippen molar-refractivity contribution in [3.63, 3.8) is 0 Å². The molecule has 1 aliphatic heterocycles. The fourth-order valence-electron chi connectivity index (χ4n) is 5.68. The van der Waals surface area contributed by atoms with Gasteiger partial charge in [-0.1, -0.05) is 58.0 Å². The molecule has 3 heterocycles. The number of nitrogens with one attached hydrogen (secondary N) is 1. The molecule has 0 radical (unpaired) electrons.